The monoisotopic (exact) mass is 484 g/mol. The number of hydrogen-bond donors (Lipinski definition) is 1. The van der Waals surface area contributed by atoms with Crippen LogP contribution in [0.1, 0.15) is 43.9 Å². The molecule has 1 N–H and O–H groups in total. The second-order valence-electron chi connectivity index (χ2n) is 9.52. The summed E-state index contributed by atoms with van der Waals surface area (Å²) < 4.78 is 10.6. The molecular weight excluding hydrogens is 452 g/mol. The molecule has 6 nitrogen and oxygen atoms in total. The van der Waals surface area contributed by atoms with Crippen LogP contribution in [0.4, 0.5) is 0 Å². The van der Waals surface area contributed by atoms with Gasteiger partial charge in [0.2, 0.25) is 0 Å². The van der Waals surface area contributed by atoms with Crippen LogP contribution in [-0.2, 0) is 24.6 Å². The van der Waals surface area contributed by atoms with Crippen molar-refractivity contribution in [3.8, 4) is 6.07 Å². The summed E-state index contributed by atoms with van der Waals surface area (Å²) in [7, 11) is 1.29. The first-order chi connectivity index (χ1) is 17.2. The van der Waals surface area contributed by atoms with Crippen LogP contribution in [0, 0.1) is 17.2 Å². The van der Waals surface area contributed by atoms with Crippen LogP contribution in [0.2, 0.25) is 0 Å². The number of carbonyl (C=O) groups excluding carboxylic acids is 2. The molecule has 2 atom stereocenters. The topological polar surface area (TPSA) is 88.4 Å². The second-order valence-corrected chi connectivity index (χ2v) is 9.52. The van der Waals surface area contributed by atoms with Gasteiger partial charge < -0.3 is 9.47 Å². The van der Waals surface area contributed by atoms with E-state index in [0.717, 1.165) is 16.7 Å². The fourth-order valence-corrected chi connectivity index (χ4v) is 4.24. The zero-order valence-corrected chi connectivity index (χ0v) is 21.1. The number of nitrogens with zero attached hydrogens (tertiary/aromatic N) is 1. The van der Waals surface area contributed by atoms with E-state index in [0.29, 0.717) is 0 Å². The van der Waals surface area contributed by atoms with Gasteiger partial charge in [0.1, 0.15) is 17.6 Å². The molecule has 0 saturated heterocycles. The largest absolute Gasteiger partial charge is 0.468 e. The molecule has 1 unspecified atom stereocenters. The predicted octanol–water partition coefficient (Wildman–Crippen LogP) is 4.98. The summed E-state index contributed by atoms with van der Waals surface area (Å²) in [4.78, 5) is 25.9. The SMILES string of the molecule is COC(=O)[C@H](CC(C#N)C(=O)OC(C)(C)C)NC(c1ccccc1)(c1ccccc1)c1ccccc1. The van der Waals surface area contributed by atoms with Crippen molar-refractivity contribution in [3.63, 3.8) is 0 Å². The van der Waals surface area contributed by atoms with E-state index in [1.807, 2.05) is 97.1 Å². The molecule has 0 fully saturated rings. The molecule has 0 bridgehead atoms. The van der Waals surface area contributed by atoms with Gasteiger partial charge in [0.05, 0.1) is 18.7 Å². The molecule has 0 saturated carbocycles. The van der Waals surface area contributed by atoms with Crippen molar-refractivity contribution in [3.05, 3.63) is 108 Å². The molecule has 0 spiro atoms. The molecule has 0 aliphatic heterocycles. The van der Waals surface area contributed by atoms with Crippen LogP contribution in [0.15, 0.2) is 91.0 Å². The lowest BCUT2D eigenvalue weighted by atomic mass is 9.76. The summed E-state index contributed by atoms with van der Waals surface area (Å²) >= 11 is 0. The second kappa shape index (κ2) is 11.7. The van der Waals surface area contributed by atoms with Gasteiger partial charge in [0, 0.05) is 0 Å². The summed E-state index contributed by atoms with van der Waals surface area (Å²) in [5, 5.41) is 13.3. The third kappa shape index (κ3) is 6.18. The Morgan fingerprint density at radius 2 is 1.22 bits per heavy atom. The number of nitrogens with one attached hydrogen (secondary N) is 1. The summed E-state index contributed by atoms with van der Waals surface area (Å²) in [6, 6.07) is 30.3. The number of nitriles is 1. The molecule has 6 heteroatoms. The van der Waals surface area contributed by atoms with Crippen molar-refractivity contribution < 1.29 is 19.1 Å². The average molecular weight is 485 g/mol. The maximum Gasteiger partial charge on any atom is 0.323 e. The Balaban J connectivity index is 2.16. The highest BCUT2D eigenvalue weighted by molar-refractivity contribution is 5.80. The molecule has 186 valence electrons. The van der Waals surface area contributed by atoms with Gasteiger partial charge in [-0.2, -0.15) is 5.26 Å². The van der Waals surface area contributed by atoms with Crippen LogP contribution in [0.3, 0.4) is 0 Å². The lowest BCUT2D eigenvalue weighted by molar-refractivity contribution is -0.158. The summed E-state index contributed by atoms with van der Waals surface area (Å²) in [6.45, 7) is 5.21. The molecule has 0 amide bonds. The van der Waals surface area contributed by atoms with Crippen LogP contribution < -0.4 is 5.32 Å². The Labute approximate surface area is 212 Å². The van der Waals surface area contributed by atoms with Gasteiger partial charge in [-0.3, -0.25) is 14.9 Å². The third-order valence-corrected chi connectivity index (χ3v) is 5.82. The van der Waals surface area contributed by atoms with Gasteiger partial charge >= 0.3 is 11.9 Å². The lowest BCUT2D eigenvalue weighted by Crippen LogP contribution is -2.53. The van der Waals surface area contributed by atoms with Crippen molar-refractivity contribution in [2.45, 2.75) is 44.4 Å². The Hall–Kier alpha value is -3.95. The standard InChI is InChI=1S/C30H32N2O4/c1-29(2,3)36-27(33)22(21-31)20-26(28(34)35-4)32-30(23-14-8-5-9-15-23,24-16-10-6-11-17-24)25-18-12-7-13-19-25/h5-19,22,26,32H,20H2,1-4H3/t22?,26-/m0/s1. The minimum absolute atomic E-state index is 0.119. The zero-order chi connectivity index (χ0) is 26.2. The molecule has 0 aliphatic rings. The average Bonchev–Trinajstić information content (AvgIpc) is 2.89. The van der Waals surface area contributed by atoms with E-state index in [1.165, 1.54) is 7.11 Å². The molecule has 0 heterocycles. The first-order valence-corrected chi connectivity index (χ1v) is 11.9. The highest BCUT2D eigenvalue weighted by atomic mass is 16.6. The Kier molecular flexibility index (Phi) is 8.63. The van der Waals surface area contributed by atoms with Gasteiger partial charge in [-0.1, -0.05) is 91.0 Å². The van der Waals surface area contributed by atoms with E-state index in [9.17, 15) is 14.9 Å². The summed E-state index contributed by atoms with van der Waals surface area (Å²) in [6.07, 6.45) is -0.119. The van der Waals surface area contributed by atoms with E-state index in [2.05, 4.69) is 5.32 Å². The normalized spacial score (nSPS) is 13.2. The van der Waals surface area contributed by atoms with Crippen LogP contribution in [-0.4, -0.2) is 30.7 Å². The molecule has 3 rings (SSSR count). The highest BCUT2D eigenvalue weighted by Gasteiger charge is 2.42. The van der Waals surface area contributed by atoms with Gasteiger partial charge in [0.25, 0.3) is 0 Å². The van der Waals surface area contributed by atoms with Gasteiger partial charge in [0.15, 0.2) is 0 Å². The maximum atomic E-state index is 13.1. The van der Waals surface area contributed by atoms with Crippen LogP contribution in [0.5, 0.6) is 0 Å². The van der Waals surface area contributed by atoms with Crippen LogP contribution in [0.25, 0.3) is 0 Å². The first kappa shape index (κ1) is 26.7. The molecule has 0 aliphatic carbocycles. The van der Waals surface area contributed by atoms with E-state index < -0.39 is 35.0 Å². The number of rotatable bonds is 9. The van der Waals surface area contributed by atoms with E-state index in [4.69, 9.17) is 9.47 Å². The van der Waals surface area contributed by atoms with Crippen molar-refractivity contribution in [2.24, 2.45) is 5.92 Å². The highest BCUT2D eigenvalue weighted by Crippen LogP contribution is 2.38. The smallest absolute Gasteiger partial charge is 0.323 e. The van der Waals surface area contributed by atoms with Gasteiger partial charge in [-0.25, -0.2) is 0 Å². The first-order valence-electron chi connectivity index (χ1n) is 11.9. The minimum atomic E-state index is -1.17. The zero-order valence-electron chi connectivity index (χ0n) is 21.1. The fourth-order valence-electron chi connectivity index (χ4n) is 4.24. The molecule has 3 aromatic rings. The van der Waals surface area contributed by atoms with Gasteiger partial charge in [-0.15, -0.1) is 0 Å². The number of methoxy groups -OCH3 is 1. The summed E-state index contributed by atoms with van der Waals surface area (Å²) in [5.41, 5.74) is 0.935. The molecule has 3 aromatic carbocycles. The van der Waals surface area contributed by atoms with Crippen molar-refractivity contribution in [1.82, 2.24) is 5.32 Å². The molecular formula is C30H32N2O4. The van der Waals surface area contributed by atoms with Crippen molar-refractivity contribution in [1.29, 1.82) is 5.26 Å². The number of esters is 2. The quantitative estimate of drug-likeness (QED) is 0.340. The van der Waals surface area contributed by atoms with Gasteiger partial charge in [-0.05, 0) is 43.9 Å². The van der Waals surface area contributed by atoms with Crippen molar-refractivity contribution >= 4 is 11.9 Å². The number of hydrogen-bond acceptors (Lipinski definition) is 6. The number of benzene rings is 3. The molecule has 36 heavy (non-hydrogen) atoms. The summed E-state index contributed by atoms with van der Waals surface area (Å²) in [5.74, 6) is -2.42. The van der Waals surface area contributed by atoms with Crippen LogP contribution >= 0.6 is 0 Å². The van der Waals surface area contributed by atoms with E-state index >= 15 is 0 Å². The maximum absolute atomic E-state index is 13.1. The van der Waals surface area contributed by atoms with E-state index in [1.54, 1.807) is 20.8 Å². The predicted molar refractivity (Wildman–Crippen MR) is 138 cm³/mol. The van der Waals surface area contributed by atoms with Crippen molar-refractivity contribution in [2.75, 3.05) is 7.11 Å². The number of carbonyl (C=O) groups is 2. The fraction of sp³-hybridized carbons (Fsp3) is 0.300. The lowest BCUT2D eigenvalue weighted by Gasteiger charge is -2.39. The Morgan fingerprint density at radius 3 is 1.56 bits per heavy atom. The molecule has 0 radical (unpaired) electrons. The molecule has 0 aromatic heterocycles. The Bertz CT molecular complexity index is 1090. The Morgan fingerprint density at radius 1 is 0.806 bits per heavy atom. The van der Waals surface area contributed by atoms with E-state index in [-0.39, 0.29) is 6.42 Å². The number of ether oxygens (including phenoxy) is 2. The minimum Gasteiger partial charge on any atom is -0.468 e. The third-order valence-electron chi connectivity index (χ3n) is 5.82.